The summed E-state index contributed by atoms with van der Waals surface area (Å²) in [6.45, 7) is 12.1. The van der Waals surface area contributed by atoms with E-state index >= 15 is 0 Å². The van der Waals surface area contributed by atoms with E-state index in [0.29, 0.717) is 18.3 Å². The van der Waals surface area contributed by atoms with Gasteiger partial charge in [0.25, 0.3) is 0 Å². The first-order chi connectivity index (χ1) is 16.4. The molecule has 0 saturated heterocycles. The molecule has 0 heterocycles. The molecule has 1 aromatic carbocycles. The summed E-state index contributed by atoms with van der Waals surface area (Å²) in [5, 5.41) is 13.3. The quantitative estimate of drug-likeness (QED) is 0.128. The molecule has 12 heteroatoms. The number of carboxylic acids is 1. The maximum Gasteiger partial charge on any atom is 0.210 e. The van der Waals surface area contributed by atoms with Gasteiger partial charge in [-0.25, -0.2) is 27.5 Å². The molecule has 4 atom stereocenters. The Hall–Kier alpha value is -1.63. The predicted molar refractivity (Wildman–Crippen MR) is 128 cm³/mol. The summed E-state index contributed by atoms with van der Waals surface area (Å²) in [4.78, 5) is 18.1. The highest BCUT2D eigenvalue weighted by atomic mass is 32.2. The Labute approximate surface area is 212 Å². The fourth-order valence-corrected chi connectivity index (χ4v) is 5.18. The van der Waals surface area contributed by atoms with Gasteiger partial charge in [0, 0.05) is 57.0 Å². The standard InChI is InChI=1S/C23H32F4N2O4S2/c1-7-32-14(5)34-12(3)28-11-16(29-13(4)35-15(6)33-8-2)9-17(23(30)31)20-21(26)18(24)10-19(25)22(20)27/h10,14-17H,7-9,11H2,1-6H3,(H,30,31)/p+1. The minimum absolute atomic E-state index is 0.0383. The van der Waals surface area contributed by atoms with Gasteiger partial charge in [0.1, 0.15) is 10.9 Å². The fourth-order valence-electron chi connectivity index (χ4n) is 3.37. The molecule has 0 saturated carbocycles. The van der Waals surface area contributed by atoms with E-state index in [1.807, 2.05) is 27.7 Å². The number of carbonyl (C=O) groups excluding carboxylic acids is 1. The Bertz CT molecular complexity index is 892. The number of carbonyl (C=O) groups is 1. The Kier molecular flexibility index (Phi) is 13.9. The summed E-state index contributed by atoms with van der Waals surface area (Å²) in [7, 11) is 0. The van der Waals surface area contributed by atoms with Crippen LogP contribution in [0.5, 0.6) is 0 Å². The van der Waals surface area contributed by atoms with Gasteiger partial charge in [-0.2, -0.15) is 0 Å². The lowest BCUT2D eigenvalue weighted by Gasteiger charge is -2.21. The highest BCUT2D eigenvalue weighted by Crippen LogP contribution is 2.29. The maximum atomic E-state index is 14.4. The lowest BCUT2D eigenvalue weighted by Crippen LogP contribution is -2.89. The fraction of sp³-hybridized carbons (Fsp3) is 0.609. The highest BCUT2D eigenvalue weighted by molar-refractivity contribution is 8.14. The van der Waals surface area contributed by atoms with Crippen LogP contribution < -0.4 is 15.1 Å². The zero-order chi connectivity index (χ0) is 26.7. The molecule has 0 amide bonds. The van der Waals surface area contributed by atoms with E-state index < -0.39 is 53.2 Å². The topological polar surface area (TPSA) is 86.5 Å². The minimum atomic E-state index is -1.95. The van der Waals surface area contributed by atoms with Gasteiger partial charge in [-0.05, 0) is 51.2 Å². The van der Waals surface area contributed by atoms with Crippen molar-refractivity contribution in [2.24, 2.45) is 0 Å². The molecule has 0 fully saturated rings. The van der Waals surface area contributed by atoms with Crippen LogP contribution in [0.3, 0.4) is 0 Å². The molecule has 0 aliphatic carbocycles. The van der Waals surface area contributed by atoms with Crippen LogP contribution in [0.4, 0.5) is 17.6 Å². The molecule has 2 N–H and O–H groups in total. The third-order valence-corrected chi connectivity index (χ3v) is 6.70. The average molecular weight is 542 g/mol. The van der Waals surface area contributed by atoms with Crippen LogP contribution in [0.1, 0.15) is 59.4 Å². The first kappa shape index (κ1) is 31.4. The Morgan fingerprint density at radius 2 is 1.46 bits per heavy atom. The molecular formula is C23H33F4N2O4S2+. The van der Waals surface area contributed by atoms with Gasteiger partial charge >= 0.3 is 0 Å². The van der Waals surface area contributed by atoms with Crippen LogP contribution in [0, 0.1) is 23.3 Å². The van der Waals surface area contributed by atoms with Crippen molar-refractivity contribution >= 4 is 39.6 Å². The van der Waals surface area contributed by atoms with Crippen LogP contribution in [0.25, 0.3) is 0 Å². The van der Waals surface area contributed by atoms with Crippen LogP contribution in [0.2, 0.25) is 0 Å². The number of aliphatic carboxylic acids is 1. The molecule has 4 unspecified atom stereocenters. The van der Waals surface area contributed by atoms with E-state index in [0.717, 1.165) is 5.04 Å². The van der Waals surface area contributed by atoms with Crippen molar-refractivity contribution in [3.05, 3.63) is 34.9 Å². The van der Waals surface area contributed by atoms with Crippen molar-refractivity contribution in [1.29, 1.82) is 0 Å². The molecule has 35 heavy (non-hydrogen) atoms. The first-order valence-electron chi connectivity index (χ1n) is 11.2. The molecular weight excluding hydrogens is 508 g/mol. The third kappa shape index (κ3) is 10.5. The summed E-state index contributed by atoms with van der Waals surface area (Å²) >= 11 is 2.75. The molecule has 6 nitrogen and oxygen atoms in total. The van der Waals surface area contributed by atoms with Crippen LogP contribution in [0.15, 0.2) is 6.07 Å². The summed E-state index contributed by atoms with van der Waals surface area (Å²) in [5.74, 6) is -10.7. The van der Waals surface area contributed by atoms with Gasteiger partial charge in [0.15, 0.2) is 23.3 Å². The number of halogens is 4. The molecule has 0 bridgehead atoms. The normalized spacial score (nSPS) is 16.2. The molecule has 1 aromatic rings. The number of benzene rings is 1. The van der Waals surface area contributed by atoms with E-state index in [9.17, 15) is 27.5 Å². The zero-order valence-electron chi connectivity index (χ0n) is 20.7. The van der Waals surface area contributed by atoms with Gasteiger partial charge in [0.2, 0.25) is 22.7 Å². The molecule has 1 rings (SSSR count). The summed E-state index contributed by atoms with van der Waals surface area (Å²) in [6.07, 6.45) is -0.411. The van der Waals surface area contributed by atoms with E-state index in [1.165, 1.54) is 23.5 Å². The van der Waals surface area contributed by atoms with Crippen LogP contribution in [-0.2, 0) is 14.3 Å². The molecule has 0 aliphatic heterocycles. The number of carboxylic acid groups (broad SMARTS) is 1. The number of hydrogen-bond acceptors (Lipinski definition) is 6. The van der Waals surface area contributed by atoms with Crippen molar-refractivity contribution in [2.45, 2.75) is 70.8 Å². The Morgan fingerprint density at radius 1 is 0.971 bits per heavy atom. The zero-order valence-corrected chi connectivity index (χ0v) is 22.3. The van der Waals surface area contributed by atoms with E-state index in [1.54, 1.807) is 13.8 Å². The van der Waals surface area contributed by atoms with Crippen molar-refractivity contribution in [2.75, 3.05) is 19.8 Å². The van der Waals surface area contributed by atoms with Gasteiger partial charge in [-0.1, -0.05) is 0 Å². The lowest BCUT2D eigenvalue weighted by atomic mass is 9.91. The SMILES string of the molecule is CCOC(C)SC(C)=[NH+]CC(CC(C(=O)[O-])c1c(F)c(F)cc(F)c1F)[NH+]=C(C)SC(C)OCC. The number of ether oxygens (including phenoxy) is 2. The summed E-state index contributed by atoms with van der Waals surface area (Å²) in [6, 6.07) is -0.668. The van der Waals surface area contributed by atoms with Gasteiger partial charge in [-0.3, -0.25) is 0 Å². The number of thioether (sulfide) groups is 2. The second kappa shape index (κ2) is 15.5. The molecule has 0 radical (unpaired) electrons. The number of nitrogens with one attached hydrogen (secondary N) is 2. The smallest absolute Gasteiger partial charge is 0.210 e. The molecule has 0 spiro atoms. The van der Waals surface area contributed by atoms with Crippen LogP contribution >= 0.6 is 23.5 Å². The van der Waals surface area contributed by atoms with Gasteiger partial charge in [-0.15, -0.1) is 0 Å². The second-order valence-corrected chi connectivity index (χ2v) is 10.6. The van der Waals surface area contributed by atoms with E-state index in [2.05, 4.69) is 9.98 Å². The van der Waals surface area contributed by atoms with Crippen LogP contribution in [-0.4, -0.2) is 52.7 Å². The van der Waals surface area contributed by atoms with Crippen molar-refractivity contribution in [1.82, 2.24) is 0 Å². The van der Waals surface area contributed by atoms with Crippen molar-refractivity contribution in [3.8, 4) is 0 Å². The minimum Gasteiger partial charge on any atom is -0.549 e. The van der Waals surface area contributed by atoms with E-state index in [4.69, 9.17) is 9.47 Å². The average Bonchev–Trinajstić information content (AvgIpc) is 2.75. The largest absolute Gasteiger partial charge is 0.549 e. The van der Waals surface area contributed by atoms with Crippen molar-refractivity contribution in [3.63, 3.8) is 0 Å². The highest BCUT2D eigenvalue weighted by Gasteiger charge is 2.32. The monoisotopic (exact) mass is 541 g/mol. The Morgan fingerprint density at radius 3 is 1.91 bits per heavy atom. The second-order valence-electron chi connectivity index (χ2n) is 7.61. The van der Waals surface area contributed by atoms with Gasteiger partial charge < -0.3 is 19.4 Å². The van der Waals surface area contributed by atoms with E-state index in [-0.39, 0.29) is 23.5 Å². The lowest BCUT2D eigenvalue weighted by molar-refractivity contribution is -0.572. The van der Waals surface area contributed by atoms with Crippen molar-refractivity contribution < 1.29 is 46.9 Å². The molecule has 0 aromatic heterocycles. The Balaban J connectivity index is 3.31. The summed E-state index contributed by atoms with van der Waals surface area (Å²) in [5.41, 5.74) is -1.55. The number of hydrogen-bond donors (Lipinski definition) is 2. The molecule has 0 aliphatic rings. The third-order valence-electron chi connectivity index (χ3n) is 4.79. The summed E-state index contributed by atoms with van der Waals surface area (Å²) < 4.78 is 67.3. The van der Waals surface area contributed by atoms with Gasteiger partial charge in [0.05, 0.1) is 0 Å². The first-order valence-corrected chi connectivity index (χ1v) is 12.9. The molecule has 198 valence electrons. The maximum absolute atomic E-state index is 14.4. The predicted octanol–water partition coefficient (Wildman–Crippen LogP) is 1.06. The number of rotatable bonds is 13.